The van der Waals surface area contributed by atoms with Crippen molar-refractivity contribution in [1.82, 2.24) is 5.32 Å². The van der Waals surface area contributed by atoms with Crippen molar-refractivity contribution in [3.8, 4) is 0 Å². The molecule has 0 spiro atoms. The van der Waals surface area contributed by atoms with E-state index in [4.69, 9.17) is 5.73 Å². The van der Waals surface area contributed by atoms with Crippen LogP contribution in [-0.2, 0) is 0 Å². The van der Waals surface area contributed by atoms with Gasteiger partial charge in [0.25, 0.3) is 0 Å². The predicted octanol–water partition coefficient (Wildman–Crippen LogP) is 1.75. The van der Waals surface area contributed by atoms with E-state index in [-0.39, 0.29) is 11.5 Å². The molecule has 0 saturated heterocycles. The van der Waals surface area contributed by atoms with Gasteiger partial charge in [0.15, 0.2) is 0 Å². The molecule has 1 aliphatic rings. The Kier molecular flexibility index (Phi) is 3.36. The van der Waals surface area contributed by atoms with Crippen molar-refractivity contribution in [3.05, 3.63) is 0 Å². The Balaban J connectivity index is 2.13. The van der Waals surface area contributed by atoms with Crippen molar-refractivity contribution < 1.29 is 0 Å². The summed E-state index contributed by atoms with van der Waals surface area (Å²) >= 11 is 0. The van der Waals surface area contributed by atoms with Gasteiger partial charge < -0.3 is 11.1 Å². The second-order valence-corrected chi connectivity index (χ2v) is 5.39. The molecule has 0 amide bonds. The van der Waals surface area contributed by atoms with Gasteiger partial charge in [0, 0.05) is 18.6 Å². The molecule has 1 saturated carbocycles. The van der Waals surface area contributed by atoms with Gasteiger partial charge >= 0.3 is 0 Å². The smallest absolute Gasteiger partial charge is 0.0214 e. The van der Waals surface area contributed by atoms with Crippen LogP contribution in [0.25, 0.3) is 0 Å². The first kappa shape index (κ1) is 11.0. The van der Waals surface area contributed by atoms with Crippen LogP contribution in [0.5, 0.6) is 0 Å². The predicted molar refractivity (Wildman–Crippen MR) is 57.6 cm³/mol. The Bertz CT molecular complexity index is 160. The molecule has 0 aromatic carbocycles. The molecule has 1 rings (SSSR count). The SMILES string of the molecule is CCC1CC1NCC(N)C(C)(C)C. The van der Waals surface area contributed by atoms with Gasteiger partial charge in [-0.1, -0.05) is 34.1 Å². The van der Waals surface area contributed by atoms with Gasteiger partial charge in [-0.2, -0.15) is 0 Å². The highest BCUT2D eigenvalue weighted by Gasteiger charge is 2.35. The second kappa shape index (κ2) is 3.97. The molecule has 0 heterocycles. The van der Waals surface area contributed by atoms with Crippen LogP contribution in [-0.4, -0.2) is 18.6 Å². The molecule has 3 N–H and O–H groups in total. The van der Waals surface area contributed by atoms with E-state index in [2.05, 4.69) is 33.0 Å². The zero-order valence-electron chi connectivity index (χ0n) is 9.43. The van der Waals surface area contributed by atoms with Crippen LogP contribution in [0.1, 0.15) is 40.5 Å². The third-order valence-electron chi connectivity index (χ3n) is 3.16. The number of nitrogens with one attached hydrogen (secondary N) is 1. The zero-order chi connectivity index (χ0) is 10.1. The van der Waals surface area contributed by atoms with Crippen molar-refractivity contribution >= 4 is 0 Å². The van der Waals surface area contributed by atoms with Gasteiger partial charge in [-0.25, -0.2) is 0 Å². The van der Waals surface area contributed by atoms with Crippen LogP contribution in [0.3, 0.4) is 0 Å². The molecular weight excluding hydrogens is 160 g/mol. The standard InChI is InChI=1S/C11H24N2/c1-5-8-6-9(8)13-7-10(12)11(2,3)4/h8-10,13H,5-7,12H2,1-4H3. The first-order chi connectivity index (χ1) is 5.95. The third kappa shape index (κ3) is 3.28. The first-order valence-electron chi connectivity index (χ1n) is 5.44. The first-order valence-corrected chi connectivity index (χ1v) is 5.44. The van der Waals surface area contributed by atoms with Crippen LogP contribution < -0.4 is 11.1 Å². The lowest BCUT2D eigenvalue weighted by atomic mass is 9.87. The molecule has 3 atom stereocenters. The van der Waals surface area contributed by atoms with Crippen LogP contribution in [0, 0.1) is 11.3 Å². The molecule has 0 radical (unpaired) electrons. The van der Waals surface area contributed by atoms with Crippen LogP contribution in [0.2, 0.25) is 0 Å². The molecular formula is C11H24N2. The summed E-state index contributed by atoms with van der Waals surface area (Å²) in [4.78, 5) is 0. The normalized spacial score (nSPS) is 30.2. The minimum atomic E-state index is 0.226. The number of rotatable bonds is 4. The molecule has 0 aliphatic heterocycles. The quantitative estimate of drug-likeness (QED) is 0.698. The van der Waals surface area contributed by atoms with Crippen molar-refractivity contribution in [1.29, 1.82) is 0 Å². The molecule has 13 heavy (non-hydrogen) atoms. The van der Waals surface area contributed by atoms with E-state index < -0.39 is 0 Å². The Morgan fingerprint density at radius 1 is 1.46 bits per heavy atom. The van der Waals surface area contributed by atoms with Crippen molar-refractivity contribution in [2.24, 2.45) is 17.1 Å². The largest absolute Gasteiger partial charge is 0.326 e. The van der Waals surface area contributed by atoms with Crippen molar-refractivity contribution in [3.63, 3.8) is 0 Å². The van der Waals surface area contributed by atoms with Gasteiger partial charge in [-0.15, -0.1) is 0 Å². The average molecular weight is 184 g/mol. The summed E-state index contributed by atoms with van der Waals surface area (Å²) in [5.41, 5.74) is 6.28. The highest BCUT2D eigenvalue weighted by molar-refractivity contribution is 4.93. The van der Waals surface area contributed by atoms with Gasteiger partial charge in [0.05, 0.1) is 0 Å². The van der Waals surface area contributed by atoms with E-state index in [9.17, 15) is 0 Å². The van der Waals surface area contributed by atoms with E-state index in [1.165, 1.54) is 12.8 Å². The Labute approximate surface area is 82.3 Å². The summed E-state index contributed by atoms with van der Waals surface area (Å²) in [5, 5.41) is 3.54. The van der Waals surface area contributed by atoms with E-state index in [0.29, 0.717) is 0 Å². The zero-order valence-corrected chi connectivity index (χ0v) is 9.43. The van der Waals surface area contributed by atoms with E-state index in [0.717, 1.165) is 18.5 Å². The van der Waals surface area contributed by atoms with Gasteiger partial charge in [0.1, 0.15) is 0 Å². The molecule has 0 bridgehead atoms. The lowest BCUT2D eigenvalue weighted by Gasteiger charge is -2.27. The Hall–Kier alpha value is -0.0800. The van der Waals surface area contributed by atoms with Crippen molar-refractivity contribution in [2.75, 3.05) is 6.54 Å². The summed E-state index contributed by atoms with van der Waals surface area (Å²) in [7, 11) is 0. The minimum absolute atomic E-state index is 0.226. The van der Waals surface area contributed by atoms with Gasteiger partial charge in [-0.3, -0.25) is 0 Å². The highest BCUT2D eigenvalue weighted by atomic mass is 15.0. The van der Waals surface area contributed by atoms with E-state index >= 15 is 0 Å². The maximum atomic E-state index is 6.05. The summed E-state index contributed by atoms with van der Waals surface area (Å²) < 4.78 is 0. The molecule has 0 aromatic rings. The molecule has 1 aliphatic carbocycles. The number of hydrogen-bond donors (Lipinski definition) is 2. The summed E-state index contributed by atoms with van der Waals surface area (Å²) in [6.45, 7) is 9.82. The van der Waals surface area contributed by atoms with Crippen LogP contribution in [0.15, 0.2) is 0 Å². The minimum Gasteiger partial charge on any atom is -0.326 e. The van der Waals surface area contributed by atoms with Crippen LogP contribution in [0.4, 0.5) is 0 Å². The number of hydrogen-bond acceptors (Lipinski definition) is 2. The van der Waals surface area contributed by atoms with Crippen LogP contribution >= 0.6 is 0 Å². The summed E-state index contributed by atoms with van der Waals surface area (Å²) in [6.07, 6.45) is 2.66. The molecule has 2 nitrogen and oxygen atoms in total. The molecule has 78 valence electrons. The Morgan fingerprint density at radius 2 is 2.08 bits per heavy atom. The molecule has 2 heteroatoms. The van der Waals surface area contributed by atoms with E-state index in [1.54, 1.807) is 0 Å². The second-order valence-electron chi connectivity index (χ2n) is 5.39. The fourth-order valence-electron chi connectivity index (χ4n) is 1.53. The summed E-state index contributed by atoms with van der Waals surface area (Å²) in [5.74, 6) is 0.923. The maximum absolute atomic E-state index is 6.05. The fraction of sp³-hybridized carbons (Fsp3) is 1.00. The Morgan fingerprint density at radius 3 is 2.46 bits per heavy atom. The molecule has 1 fully saturated rings. The van der Waals surface area contributed by atoms with Crippen molar-refractivity contribution in [2.45, 2.75) is 52.6 Å². The lowest BCUT2D eigenvalue weighted by Crippen LogP contribution is -2.44. The molecule has 3 unspecified atom stereocenters. The summed E-state index contributed by atoms with van der Waals surface area (Å²) in [6, 6.07) is 1.03. The lowest BCUT2D eigenvalue weighted by molar-refractivity contribution is 0.307. The molecule has 0 aromatic heterocycles. The van der Waals surface area contributed by atoms with E-state index in [1.807, 2.05) is 0 Å². The fourth-order valence-corrected chi connectivity index (χ4v) is 1.53. The number of nitrogens with two attached hydrogens (primary N) is 1. The van der Waals surface area contributed by atoms with Gasteiger partial charge in [0.2, 0.25) is 0 Å². The third-order valence-corrected chi connectivity index (χ3v) is 3.16. The monoisotopic (exact) mass is 184 g/mol. The average Bonchev–Trinajstić information content (AvgIpc) is 2.76. The van der Waals surface area contributed by atoms with Gasteiger partial charge in [-0.05, 0) is 17.8 Å². The maximum Gasteiger partial charge on any atom is 0.0214 e. The highest BCUT2D eigenvalue weighted by Crippen LogP contribution is 2.33. The topological polar surface area (TPSA) is 38.0 Å².